The van der Waals surface area contributed by atoms with E-state index in [0.717, 1.165) is 33.3 Å². The van der Waals surface area contributed by atoms with Gasteiger partial charge in [0.1, 0.15) is 5.58 Å². The molecule has 0 saturated heterocycles. The van der Waals surface area contributed by atoms with Gasteiger partial charge in [0.25, 0.3) is 0 Å². The van der Waals surface area contributed by atoms with Crippen molar-refractivity contribution in [3.8, 4) is 11.1 Å². The molecular formula is C40H23BN2O. The van der Waals surface area contributed by atoms with Crippen molar-refractivity contribution in [3.63, 3.8) is 0 Å². The van der Waals surface area contributed by atoms with E-state index < -0.39 is 0 Å². The largest absolute Gasteiger partial charge is 0.454 e. The van der Waals surface area contributed by atoms with Crippen molar-refractivity contribution in [2.24, 2.45) is 0 Å². The lowest BCUT2D eigenvalue weighted by molar-refractivity contribution is 0.669. The third-order valence-electron chi connectivity index (χ3n) is 9.90. The summed E-state index contributed by atoms with van der Waals surface area (Å²) in [6.07, 6.45) is 0. The number of anilines is 3. The average molecular weight is 558 g/mol. The van der Waals surface area contributed by atoms with Crippen LogP contribution in [0, 0.1) is 0 Å². The number of para-hydroxylation sites is 4. The van der Waals surface area contributed by atoms with Gasteiger partial charge in [-0.05, 0) is 63.7 Å². The molecule has 0 radical (unpaired) electrons. The van der Waals surface area contributed by atoms with Crippen molar-refractivity contribution in [1.82, 2.24) is 4.48 Å². The lowest BCUT2D eigenvalue weighted by atomic mass is 9.45. The smallest absolute Gasteiger partial charge is 0.333 e. The molecule has 7 aromatic carbocycles. The highest BCUT2D eigenvalue weighted by atomic mass is 16.3. The Morgan fingerprint density at radius 2 is 1.27 bits per heavy atom. The molecule has 0 aliphatic carbocycles. The highest BCUT2D eigenvalue weighted by Gasteiger charge is 2.44. The van der Waals surface area contributed by atoms with Crippen LogP contribution >= 0.6 is 0 Å². The number of hydrogen-bond donors (Lipinski definition) is 0. The van der Waals surface area contributed by atoms with Crippen molar-refractivity contribution >= 4 is 89.4 Å². The predicted octanol–water partition coefficient (Wildman–Crippen LogP) is 9.26. The molecule has 4 heteroatoms. The molecule has 0 amide bonds. The minimum absolute atomic E-state index is 0.0190. The van der Waals surface area contributed by atoms with Gasteiger partial charge in [0.05, 0.1) is 5.69 Å². The van der Waals surface area contributed by atoms with Gasteiger partial charge in [-0.2, -0.15) is 0 Å². The first-order chi connectivity index (χ1) is 21.8. The van der Waals surface area contributed by atoms with Gasteiger partial charge in [0, 0.05) is 49.5 Å². The number of furan rings is 1. The van der Waals surface area contributed by atoms with Crippen molar-refractivity contribution in [3.05, 3.63) is 140 Å². The second-order valence-corrected chi connectivity index (χ2v) is 12.1. The summed E-state index contributed by atoms with van der Waals surface area (Å²) in [6.45, 7) is -0.0190. The molecule has 3 nitrogen and oxygen atoms in total. The first kappa shape index (κ1) is 22.8. The average Bonchev–Trinajstić information content (AvgIpc) is 3.62. The first-order valence-electron chi connectivity index (χ1n) is 15.2. The Balaban J connectivity index is 1.42. The summed E-state index contributed by atoms with van der Waals surface area (Å²) in [6, 6.07) is 50.9. The standard InChI is InChI=1S/C40H23BN2O/c1-2-13-26(14-3-1)42-35-22-25-12-5-4-11-24(25)21-33(35)41-37-31(23-32-28-16-7-9-20-36(28)44-40(32)39(37)42)30-18-10-17-29-27-15-6-8-19-34(27)43(41)38(29)30/h1-23H. The van der Waals surface area contributed by atoms with E-state index in [1.807, 2.05) is 0 Å². The normalized spacial score (nSPS) is 13.4. The molecule has 0 bridgehead atoms. The zero-order valence-corrected chi connectivity index (χ0v) is 23.7. The summed E-state index contributed by atoms with van der Waals surface area (Å²) < 4.78 is 9.46. The van der Waals surface area contributed by atoms with Crippen LogP contribution in [0.1, 0.15) is 0 Å². The van der Waals surface area contributed by atoms with E-state index in [4.69, 9.17) is 4.42 Å². The van der Waals surface area contributed by atoms with E-state index in [-0.39, 0.29) is 6.85 Å². The van der Waals surface area contributed by atoms with Gasteiger partial charge in [-0.15, -0.1) is 0 Å². The minimum atomic E-state index is -0.0190. The molecule has 0 atom stereocenters. The monoisotopic (exact) mass is 558 g/mol. The molecule has 0 unspecified atom stereocenters. The highest BCUT2D eigenvalue weighted by Crippen LogP contribution is 2.49. The van der Waals surface area contributed by atoms with Crippen molar-refractivity contribution in [2.45, 2.75) is 0 Å². The summed E-state index contributed by atoms with van der Waals surface area (Å²) in [7, 11) is 0. The summed E-state index contributed by atoms with van der Waals surface area (Å²) >= 11 is 0. The van der Waals surface area contributed by atoms with Crippen LogP contribution in [0.25, 0.3) is 65.6 Å². The van der Waals surface area contributed by atoms with Crippen LogP contribution < -0.4 is 15.8 Å². The van der Waals surface area contributed by atoms with Gasteiger partial charge >= 0.3 is 6.85 Å². The molecule has 2 aliphatic rings. The van der Waals surface area contributed by atoms with Gasteiger partial charge < -0.3 is 13.8 Å². The maximum absolute atomic E-state index is 6.86. The SMILES string of the molecule is c1ccc(N2c3cc4ccccc4cc3B3c4c(cc5c(oc6ccccc65)c42)-c2cccc4c5ccccc5n3c24)cc1. The molecule has 11 rings (SSSR count). The third kappa shape index (κ3) is 2.70. The zero-order chi connectivity index (χ0) is 28.5. The molecule has 0 N–H and O–H groups in total. The predicted molar refractivity (Wildman–Crippen MR) is 185 cm³/mol. The number of hydrogen-bond acceptors (Lipinski definition) is 2. The van der Waals surface area contributed by atoms with E-state index in [9.17, 15) is 0 Å². The summed E-state index contributed by atoms with van der Waals surface area (Å²) in [5, 5.41) is 7.37. The fraction of sp³-hybridized carbons (Fsp3) is 0. The van der Waals surface area contributed by atoms with Gasteiger partial charge in [-0.25, -0.2) is 0 Å². The van der Waals surface area contributed by atoms with Crippen molar-refractivity contribution < 1.29 is 4.42 Å². The Hall–Kier alpha value is -5.74. The van der Waals surface area contributed by atoms with Crippen LogP contribution in [-0.2, 0) is 0 Å². The summed E-state index contributed by atoms with van der Waals surface area (Å²) in [4.78, 5) is 2.46. The maximum atomic E-state index is 6.86. The molecule has 44 heavy (non-hydrogen) atoms. The molecule has 2 aliphatic heterocycles. The Morgan fingerprint density at radius 3 is 2.16 bits per heavy atom. The quantitative estimate of drug-likeness (QED) is 0.187. The molecule has 4 heterocycles. The van der Waals surface area contributed by atoms with Gasteiger partial charge in [0.15, 0.2) is 5.58 Å². The lowest BCUT2D eigenvalue weighted by Gasteiger charge is -2.40. The lowest BCUT2D eigenvalue weighted by Crippen LogP contribution is -2.56. The van der Waals surface area contributed by atoms with E-state index >= 15 is 0 Å². The van der Waals surface area contributed by atoms with Gasteiger partial charge in [-0.3, -0.25) is 0 Å². The Kier molecular flexibility index (Phi) is 4.15. The van der Waals surface area contributed by atoms with E-state index in [1.165, 1.54) is 60.3 Å². The number of aromatic nitrogens is 1. The topological polar surface area (TPSA) is 21.3 Å². The van der Waals surface area contributed by atoms with E-state index in [2.05, 4.69) is 149 Å². The highest BCUT2D eigenvalue weighted by molar-refractivity contribution is 6.90. The Bertz CT molecular complexity index is 2680. The summed E-state index contributed by atoms with van der Waals surface area (Å²) in [5.74, 6) is 0. The first-order valence-corrected chi connectivity index (χ1v) is 15.2. The molecule has 0 spiro atoms. The fourth-order valence-corrected chi connectivity index (χ4v) is 8.16. The minimum Gasteiger partial charge on any atom is -0.454 e. The second kappa shape index (κ2) is 8.00. The zero-order valence-electron chi connectivity index (χ0n) is 23.7. The molecule has 2 aromatic heterocycles. The van der Waals surface area contributed by atoms with Crippen LogP contribution in [0.3, 0.4) is 0 Å². The summed E-state index contributed by atoms with van der Waals surface area (Å²) in [5.41, 5.74) is 13.0. The van der Waals surface area contributed by atoms with Crippen LogP contribution in [0.15, 0.2) is 144 Å². The Labute approximate surface area is 253 Å². The van der Waals surface area contributed by atoms with Crippen LogP contribution in [0.2, 0.25) is 0 Å². The number of benzene rings is 7. The second-order valence-electron chi connectivity index (χ2n) is 12.1. The Morgan fingerprint density at radius 1 is 0.545 bits per heavy atom. The van der Waals surface area contributed by atoms with E-state index in [1.54, 1.807) is 0 Å². The third-order valence-corrected chi connectivity index (χ3v) is 9.90. The fourth-order valence-electron chi connectivity index (χ4n) is 8.16. The number of nitrogens with zero attached hydrogens (tertiary/aromatic N) is 2. The molecular weight excluding hydrogens is 535 g/mol. The van der Waals surface area contributed by atoms with Gasteiger partial charge in [-0.1, -0.05) is 103 Å². The van der Waals surface area contributed by atoms with Crippen LogP contribution in [0.4, 0.5) is 17.1 Å². The molecule has 0 fully saturated rings. The van der Waals surface area contributed by atoms with Crippen molar-refractivity contribution in [2.75, 3.05) is 4.90 Å². The molecule has 9 aromatic rings. The maximum Gasteiger partial charge on any atom is 0.333 e. The van der Waals surface area contributed by atoms with Gasteiger partial charge in [0.2, 0.25) is 0 Å². The number of rotatable bonds is 1. The number of fused-ring (bicyclic) bond motifs is 12. The molecule has 0 saturated carbocycles. The van der Waals surface area contributed by atoms with Crippen LogP contribution in [-0.4, -0.2) is 11.3 Å². The molecule has 202 valence electrons. The van der Waals surface area contributed by atoms with Crippen molar-refractivity contribution in [1.29, 1.82) is 0 Å². The van der Waals surface area contributed by atoms with Crippen LogP contribution in [0.5, 0.6) is 0 Å². The van der Waals surface area contributed by atoms with E-state index in [0.29, 0.717) is 0 Å².